The van der Waals surface area contributed by atoms with E-state index in [2.05, 4.69) is 32.4 Å². The van der Waals surface area contributed by atoms with Crippen LogP contribution in [0.2, 0.25) is 0 Å². The number of nitrogens with zero attached hydrogens (tertiary/aromatic N) is 4. The van der Waals surface area contributed by atoms with Gasteiger partial charge in [0.1, 0.15) is 0 Å². The lowest BCUT2D eigenvalue weighted by Crippen LogP contribution is -2.28. The van der Waals surface area contributed by atoms with Gasteiger partial charge in [0.15, 0.2) is 16.1 Å². The number of carbonyl (C=O) groups is 2. The summed E-state index contributed by atoms with van der Waals surface area (Å²) in [5.74, 6) is 0.394. The second-order valence-electron chi connectivity index (χ2n) is 7.54. The van der Waals surface area contributed by atoms with Gasteiger partial charge in [0.05, 0.1) is 22.4 Å². The summed E-state index contributed by atoms with van der Waals surface area (Å²) >= 11 is 4.09. The Balaban J connectivity index is 1.39. The number of thioether (sulfide) groups is 1. The van der Waals surface area contributed by atoms with Crippen LogP contribution in [0.15, 0.2) is 65.7 Å². The zero-order chi connectivity index (χ0) is 24.8. The molecule has 8 nitrogen and oxygen atoms in total. The van der Waals surface area contributed by atoms with E-state index < -0.39 is 0 Å². The van der Waals surface area contributed by atoms with Crippen molar-refractivity contribution in [3.63, 3.8) is 0 Å². The van der Waals surface area contributed by atoms with Crippen LogP contribution in [0.3, 0.4) is 0 Å². The number of thiazole rings is 1. The summed E-state index contributed by atoms with van der Waals surface area (Å²) in [6.07, 6.45) is 1.73. The first-order chi connectivity index (χ1) is 17.0. The molecule has 2 N–H and O–H groups in total. The number of hydrogen-bond donors (Lipinski definition) is 2. The zero-order valence-corrected chi connectivity index (χ0v) is 21.7. The SMILES string of the molecule is C=CCn1c(SCC(=O)Nc2nc(-c3ccccc3)c(C)s2)nnc1C(C)NC(=O)c1cccs1. The minimum atomic E-state index is -0.366. The number of rotatable bonds is 10. The van der Waals surface area contributed by atoms with Gasteiger partial charge in [-0.3, -0.25) is 9.59 Å². The molecule has 1 aromatic carbocycles. The van der Waals surface area contributed by atoms with E-state index in [0.717, 1.165) is 16.1 Å². The number of nitrogens with one attached hydrogen (secondary N) is 2. The molecule has 0 aliphatic rings. The number of hydrogen-bond acceptors (Lipinski definition) is 8. The van der Waals surface area contributed by atoms with Gasteiger partial charge in [-0.2, -0.15) is 0 Å². The Morgan fingerprint density at radius 3 is 2.71 bits per heavy atom. The first kappa shape index (κ1) is 24.8. The lowest BCUT2D eigenvalue weighted by molar-refractivity contribution is -0.113. The molecule has 0 saturated carbocycles. The van der Waals surface area contributed by atoms with Crippen molar-refractivity contribution < 1.29 is 9.59 Å². The van der Waals surface area contributed by atoms with Crippen molar-refractivity contribution in [2.75, 3.05) is 11.1 Å². The first-order valence-electron chi connectivity index (χ1n) is 10.8. The van der Waals surface area contributed by atoms with Crippen molar-refractivity contribution in [2.45, 2.75) is 31.6 Å². The van der Waals surface area contributed by atoms with Crippen LogP contribution < -0.4 is 10.6 Å². The van der Waals surface area contributed by atoms with E-state index in [1.54, 1.807) is 12.1 Å². The minimum absolute atomic E-state index is 0.143. The van der Waals surface area contributed by atoms with Crippen molar-refractivity contribution >= 4 is 51.4 Å². The molecular formula is C24H24N6O2S3. The summed E-state index contributed by atoms with van der Waals surface area (Å²) < 4.78 is 1.85. The van der Waals surface area contributed by atoms with Gasteiger partial charge in [0.25, 0.3) is 5.91 Å². The van der Waals surface area contributed by atoms with Crippen LogP contribution in [0, 0.1) is 6.92 Å². The molecular weight excluding hydrogens is 501 g/mol. The molecule has 4 aromatic rings. The second-order valence-corrected chi connectivity index (χ2v) is 10.6. The van der Waals surface area contributed by atoms with Crippen molar-refractivity contribution in [1.82, 2.24) is 25.1 Å². The number of carbonyl (C=O) groups excluding carboxylic acids is 2. The third-order valence-corrected chi connectivity index (χ3v) is 7.68. The summed E-state index contributed by atoms with van der Waals surface area (Å²) in [5.41, 5.74) is 1.88. The van der Waals surface area contributed by atoms with Gasteiger partial charge in [0, 0.05) is 17.0 Å². The van der Waals surface area contributed by atoms with Gasteiger partial charge in [-0.25, -0.2) is 4.98 Å². The third kappa shape index (κ3) is 6.05. The second kappa shape index (κ2) is 11.4. The normalized spacial score (nSPS) is 11.7. The molecule has 0 spiro atoms. The molecule has 0 radical (unpaired) electrons. The summed E-state index contributed by atoms with van der Waals surface area (Å²) in [7, 11) is 0. The van der Waals surface area contributed by atoms with Crippen LogP contribution in [-0.4, -0.2) is 37.3 Å². The minimum Gasteiger partial charge on any atom is -0.342 e. The van der Waals surface area contributed by atoms with Crippen molar-refractivity contribution in [1.29, 1.82) is 0 Å². The van der Waals surface area contributed by atoms with Crippen molar-refractivity contribution in [3.05, 3.63) is 76.1 Å². The van der Waals surface area contributed by atoms with Gasteiger partial charge < -0.3 is 15.2 Å². The Morgan fingerprint density at radius 2 is 2.00 bits per heavy atom. The molecule has 2 amide bonds. The Morgan fingerprint density at radius 1 is 1.20 bits per heavy atom. The van der Waals surface area contributed by atoms with E-state index >= 15 is 0 Å². The largest absolute Gasteiger partial charge is 0.342 e. The molecule has 1 unspecified atom stereocenters. The van der Waals surface area contributed by atoms with Crippen LogP contribution in [0.4, 0.5) is 5.13 Å². The number of anilines is 1. The maximum atomic E-state index is 12.6. The summed E-state index contributed by atoms with van der Waals surface area (Å²) in [5, 5.41) is 17.3. The fourth-order valence-electron chi connectivity index (χ4n) is 3.37. The quantitative estimate of drug-likeness (QED) is 0.219. The van der Waals surface area contributed by atoms with Crippen molar-refractivity contribution in [2.24, 2.45) is 0 Å². The number of benzene rings is 1. The molecule has 180 valence electrons. The predicted octanol–water partition coefficient (Wildman–Crippen LogP) is 5.18. The molecule has 0 fully saturated rings. The van der Waals surface area contributed by atoms with E-state index in [-0.39, 0.29) is 23.6 Å². The first-order valence-corrected chi connectivity index (χ1v) is 13.5. The van der Waals surface area contributed by atoms with Crippen LogP contribution in [0.25, 0.3) is 11.3 Å². The van der Waals surface area contributed by atoms with E-state index in [4.69, 9.17) is 0 Å². The fourth-order valence-corrected chi connectivity index (χ4v) is 5.60. The standard InChI is InChI=1S/C24H24N6O2S3/c1-4-12-30-21(15(2)25-22(32)18-11-8-13-33-18)28-29-24(30)34-14-19(31)26-23-27-20(16(3)35-23)17-9-6-5-7-10-17/h4-11,13,15H,1,12,14H2,2-3H3,(H,25,32)(H,26,27,31). The van der Waals surface area contributed by atoms with Gasteiger partial charge in [-0.15, -0.1) is 39.4 Å². The molecule has 11 heteroatoms. The number of thiophene rings is 1. The van der Waals surface area contributed by atoms with E-state index in [9.17, 15) is 9.59 Å². The molecule has 0 saturated heterocycles. The number of amides is 2. The highest BCUT2D eigenvalue weighted by Gasteiger charge is 2.21. The van der Waals surface area contributed by atoms with E-state index in [1.807, 2.05) is 60.2 Å². The number of aromatic nitrogens is 4. The molecule has 35 heavy (non-hydrogen) atoms. The predicted molar refractivity (Wildman–Crippen MR) is 142 cm³/mol. The average molecular weight is 525 g/mol. The van der Waals surface area contributed by atoms with Crippen LogP contribution in [0.5, 0.6) is 0 Å². The smallest absolute Gasteiger partial charge is 0.261 e. The highest BCUT2D eigenvalue weighted by molar-refractivity contribution is 7.99. The number of allylic oxidation sites excluding steroid dienone is 1. The molecule has 3 heterocycles. The lowest BCUT2D eigenvalue weighted by Gasteiger charge is -2.14. The Kier molecular flexibility index (Phi) is 8.11. The van der Waals surface area contributed by atoms with Crippen LogP contribution in [-0.2, 0) is 11.3 Å². The fraction of sp³-hybridized carbons (Fsp3) is 0.208. The van der Waals surface area contributed by atoms with Gasteiger partial charge in [-0.1, -0.05) is 54.2 Å². The van der Waals surface area contributed by atoms with E-state index in [0.29, 0.717) is 27.5 Å². The highest BCUT2D eigenvalue weighted by atomic mass is 32.2. The summed E-state index contributed by atoms with van der Waals surface area (Å²) in [4.78, 5) is 31.3. The van der Waals surface area contributed by atoms with Gasteiger partial charge in [0.2, 0.25) is 5.91 Å². The van der Waals surface area contributed by atoms with Gasteiger partial charge >= 0.3 is 0 Å². The van der Waals surface area contributed by atoms with E-state index in [1.165, 1.54) is 34.4 Å². The van der Waals surface area contributed by atoms with Crippen LogP contribution in [0.1, 0.15) is 33.3 Å². The van der Waals surface area contributed by atoms with Gasteiger partial charge in [-0.05, 0) is 25.3 Å². The topological polar surface area (TPSA) is 102 Å². The molecule has 3 aromatic heterocycles. The Labute approximate surface area is 215 Å². The highest BCUT2D eigenvalue weighted by Crippen LogP contribution is 2.30. The molecule has 0 bridgehead atoms. The maximum absolute atomic E-state index is 12.6. The Hall–Kier alpha value is -3.28. The Bertz CT molecular complexity index is 1310. The third-order valence-electron chi connectivity index (χ3n) is 4.96. The van der Waals surface area contributed by atoms with Crippen molar-refractivity contribution in [3.8, 4) is 11.3 Å². The maximum Gasteiger partial charge on any atom is 0.261 e. The lowest BCUT2D eigenvalue weighted by atomic mass is 10.1. The van der Waals surface area contributed by atoms with Crippen LogP contribution >= 0.6 is 34.4 Å². The monoisotopic (exact) mass is 524 g/mol. The molecule has 0 aliphatic heterocycles. The molecule has 1 atom stereocenters. The average Bonchev–Trinajstić information content (AvgIpc) is 3.59. The molecule has 4 rings (SSSR count). The summed E-state index contributed by atoms with van der Waals surface area (Å²) in [6.45, 7) is 8.10. The zero-order valence-electron chi connectivity index (χ0n) is 19.2. The summed E-state index contributed by atoms with van der Waals surface area (Å²) in [6, 6.07) is 13.1. The number of aryl methyl sites for hydroxylation is 1. The molecule has 0 aliphatic carbocycles.